The highest BCUT2D eigenvalue weighted by Gasteiger charge is 2.38. The van der Waals surface area contributed by atoms with Gasteiger partial charge < -0.3 is 15.6 Å². The predicted molar refractivity (Wildman–Crippen MR) is 68.5 cm³/mol. The standard InChI is InChI=1S/C12H14BrF4NO2/c1-11(18,8-4-7(13)2-3-9(8)14)10(5-19)20-6-12(15,16)17/h2-4,10,19H,5-6,18H2,1H3. The Morgan fingerprint density at radius 2 is 2.00 bits per heavy atom. The van der Waals surface area contributed by atoms with Crippen LogP contribution < -0.4 is 5.73 Å². The molecule has 0 aromatic heterocycles. The Kier molecular flexibility index (Phi) is 5.54. The minimum Gasteiger partial charge on any atom is -0.394 e. The van der Waals surface area contributed by atoms with Crippen molar-refractivity contribution in [3.05, 3.63) is 34.1 Å². The van der Waals surface area contributed by atoms with Crippen molar-refractivity contribution in [2.45, 2.75) is 24.7 Å². The molecule has 2 atom stereocenters. The number of halogens is 5. The van der Waals surface area contributed by atoms with Gasteiger partial charge in [0.05, 0.1) is 12.1 Å². The zero-order chi connectivity index (χ0) is 15.6. The van der Waals surface area contributed by atoms with Crippen molar-refractivity contribution >= 4 is 15.9 Å². The summed E-state index contributed by atoms with van der Waals surface area (Å²) in [5.74, 6) is -0.688. The largest absolute Gasteiger partial charge is 0.411 e. The van der Waals surface area contributed by atoms with Gasteiger partial charge in [-0.2, -0.15) is 13.2 Å². The fourth-order valence-corrected chi connectivity index (χ4v) is 2.06. The molecule has 2 unspecified atom stereocenters. The molecule has 0 aliphatic carbocycles. The lowest BCUT2D eigenvalue weighted by molar-refractivity contribution is -0.196. The van der Waals surface area contributed by atoms with Crippen molar-refractivity contribution in [2.24, 2.45) is 5.73 Å². The molecule has 114 valence electrons. The number of ether oxygens (including phenoxy) is 1. The Balaban J connectivity index is 3.02. The van der Waals surface area contributed by atoms with E-state index in [9.17, 15) is 22.7 Å². The van der Waals surface area contributed by atoms with Crippen molar-refractivity contribution in [2.75, 3.05) is 13.2 Å². The van der Waals surface area contributed by atoms with E-state index in [-0.39, 0.29) is 5.56 Å². The van der Waals surface area contributed by atoms with E-state index in [0.29, 0.717) is 4.47 Å². The fourth-order valence-electron chi connectivity index (χ4n) is 1.69. The number of aliphatic hydroxyl groups excluding tert-OH is 1. The predicted octanol–water partition coefficient (Wildman–Crippen LogP) is 2.70. The first-order valence-corrected chi connectivity index (χ1v) is 6.41. The second-order valence-corrected chi connectivity index (χ2v) is 5.42. The van der Waals surface area contributed by atoms with Crippen LogP contribution in [0.15, 0.2) is 22.7 Å². The number of hydrogen-bond donors (Lipinski definition) is 2. The average molecular weight is 360 g/mol. The van der Waals surface area contributed by atoms with Gasteiger partial charge in [-0.1, -0.05) is 15.9 Å². The van der Waals surface area contributed by atoms with E-state index in [1.807, 2.05) is 0 Å². The monoisotopic (exact) mass is 359 g/mol. The molecule has 1 aromatic rings. The molecule has 0 heterocycles. The molecule has 1 rings (SSSR count). The summed E-state index contributed by atoms with van der Waals surface area (Å²) in [5, 5.41) is 9.17. The highest BCUT2D eigenvalue weighted by molar-refractivity contribution is 9.10. The van der Waals surface area contributed by atoms with Gasteiger partial charge in [-0.15, -0.1) is 0 Å². The third-order valence-electron chi connectivity index (χ3n) is 2.79. The van der Waals surface area contributed by atoms with Crippen LogP contribution in [0.1, 0.15) is 12.5 Å². The summed E-state index contributed by atoms with van der Waals surface area (Å²) in [6, 6.07) is 3.90. The number of benzene rings is 1. The highest BCUT2D eigenvalue weighted by Crippen LogP contribution is 2.30. The summed E-state index contributed by atoms with van der Waals surface area (Å²) in [6.07, 6.45) is -5.95. The molecule has 3 N–H and O–H groups in total. The van der Waals surface area contributed by atoms with Crippen LogP contribution in [0.4, 0.5) is 17.6 Å². The highest BCUT2D eigenvalue weighted by atomic mass is 79.9. The number of hydrogen-bond acceptors (Lipinski definition) is 3. The summed E-state index contributed by atoms with van der Waals surface area (Å²) < 4.78 is 55.3. The zero-order valence-corrected chi connectivity index (χ0v) is 12.1. The SMILES string of the molecule is CC(N)(c1cc(Br)ccc1F)C(CO)OCC(F)(F)F. The first-order valence-electron chi connectivity index (χ1n) is 5.61. The fraction of sp³-hybridized carbons (Fsp3) is 0.500. The molecule has 0 spiro atoms. The minimum atomic E-state index is -4.56. The summed E-state index contributed by atoms with van der Waals surface area (Å²) in [4.78, 5) is 0. The first-order chi connectivity index (χ1) is 9.08. The molecule has 1 aromatic carbocycles. The summed E-state index contributed by atoms with van der Waals surface area (Å²) in [7, 11) is 0. The summed E-state index contributed by atoms with van der Waals surface area (Å²) in [6.45, 7) is -1.04. The molecule has 0 aliphatic heterocycles. The third-order valence-corrected chi connectivity index (χ3v) is 3.28. The second-order valence-electron chi connectivity index (χ2n) is 4.50. The molecule has 20 heavy (non-hydrogen) atoms. The Labute approximate surface area is 121 Å². The molecule has 3 nitrogen and oxygen atoms in total. The molecule has 8 heteroatoms. The molecular weight excluding hydrogens is 346 g/mol. The Morgan fingerprint density at radius 3 is 2.50 bits per heavy atom. The van der Waals surface area contributed by atoms with Crippen LogP contribution in [-0.2, 0) is 10.3 Å². The Morgan fingerprint density at radius 1 is 1.40 bits per heavy atom. The van der Waals surface area contributed by atoms with Gasteiger partial charge in [-0.25, -0.2) is 4.39 Å². The van der Waals surface area contributed by atoms with Crippen LogP contribution in [0.3, 0.4) is 0 Å². The van der Waals surface area contributed by atoms with Crippen LogP contribution in [0.25, 0.3) is 0 Å². The normalized spacial score (nSPS) is 16.8. The molecule has 0 radical (unpaired) electrons. The molecule has 0 amide bonds. The molecule has 0 saturated carbocycles. The molecule has 0 aliphatic rings. The van der Waals surface area contributed by atoms with E-state index in [1.165, 1.54) is 19.1 Å². The van der Waals surface area contributed by atoms with Gasteiger partial charge in [0.15, 0.2) is 0 Å². The van der Waals surface area contributed by atoms with Gasteiger partial charge in [0.25, 0.3) is 0 Å². The Bertz CT molecular complexity index is 465. The first kappa shape index (κ1) is 17.4. The van der Waals surface area contributed by atoms with E-state index in [2.05, 4.69) is 20.7 Å². The van der Waals surface area contributed by atoms with E-state index in [4.69, 9.17) is 5.73 Å². The van der Waals surface area contributed by atoms with Crippen LogP contribution in [0.2, 0.25) is 0 Å². The minimum absolute atomic E-state index is 0.0481. The van der Waals surface area contributed by atoms with Crippen LogP contribution >= 0.6 is 15.9 Å². The van der Waals surface area contributed by atoms with E-state index in [0.717, 1.165) is 6.07 Å². The molecule has 0 bridgehead atoms. The van der Waals surface area contributed by atoms with Gasteiger partial charge in [-0.05, 0) is 25.1 Å². The maximum atomic E-state index is 13.8. The molecular formula is C12H14BrF4NO2. The van der Waals surface area contributed by atoms with Gasteiger partial charge >= 0.3 is 6.18 Å². The Hall–Kier alpha value is -0.700. The smallest absolute Gasteiger partial charge is 0.394 e. The lowest BCUT2D eigenvalue weighted by atomic mass is 9.87. The van der Waals surface area contributed by atoms with Crippen molar-refractivity contribution < 1.29 is 27.4 Å². The van der Waals surface area contributed by atoms with E-state index < -0.39 is 36.9 Å². The van der Waals surface area contributed by atoms with Crippen molar-refractivity contribution in [3.63, 3.8) is 0 Å². The lowest BCUT2D eigenvalue weighted by Crippen LogP contribution is -2.50. The number of rotatable bonds is 5. The van der Waals surface area contributed by atoms with Crippen molar-refractivity contribution in [1.82, 2.24) is 0 Å². The van der Waals surface area contributed by atoms with Gasteiger partial charge in [0.1, 0.15) is 18.5 Å². The number of aliphatic hydroxyl groups is 1. The lowest BCUT2D eigenvalue weighted by Gasteiger charge is -2.34. The number of nitrogens with two attached hydrogens (primary N) is 1. The summed E-state index contributed by atoms with van der Waals surface area (Å²) >= 11 is 3.13. The zero-order valence-electron chi connectivity index (χ0n) is 10.5. The van der Waals surface area contributed by atoms with Gasteiger partial charge in [0.2, 0.25) is 0 Å². The molecule has 0 fully saturated rings. The van der Waals surface area contributed by atoms with Crippen LogP contribution in [0, 0.1) is 5.82 Å². The third kappa shape index (κ3) is 4.41. The maximum absolute atomic E-state index is 13.8. The maximum Gasteiger partial charge on any atom is 0.411 e. The van der Waals surface area contributed by atoms with Gasteiger partial charge in [0, 0.05) is 10.0 Å². The van der Waals surface area contributed by atoms with Crippen LogP contribution in [-0.4, -0.2) is 30.6 Å². The molecule has 0 saturated heterocycles. The van der Waals surface area contributed by atoms with Crippen molar-refractivity contribution in [3.8, 4) is 0 Å². The second kappa shape index (κ2) is 6.38. The average Bonchev–Trinajstić information content (AvgIpc) is 2.31. The van der Waals surface area contributed by atoms with E-state index >= 15 is 0 Å². The quantitative estimate of drug-likeness (QED) is 0.794. The van der Waals surface area contributed by atoms with E-state index in [1.54, 1.807) is 0 Å². The summed E-state index contributed by atoms with van der Waals surface area (Å²) in [5.41, 5.74) is 4.21. The topological polar surface area (TPSA) is 55.5 Å². The van der Waals surface area contributed by atoms with Gasteiger partial charge in [-0.3, -0.25) is 0 Å². The number of alkyl halides is 3. The van der Waals surface area contributed by atoms with Crippen molar-refractivity contribution in [1.29, 1.82) is 0 Å². The van der Waals surface area contributed by atoms with Crippen LogP contribution in [0.5, 0.6) is 0 Å².